The summed E-state index contributed by atoms with van der Waals surface area (Å²) in [5.41, 5.74) is 14.1. The molecule has 3 nitrogen and oxygen atoms in total. The number of benzene rings is 1. The second kappa shape index (κ2) is 7.39. The zero-order chi connectivity index (χ0) is 13.5. The lowest BCUT2D eigenvalue weighted by atomic mass is 9.88. The van der Waals surface area contributed by atoms with E-state index in [1.54, 1.807) is 0 Å². The molecule has 1 aromatic carbocycles. The number of rotatable bonds is 7. The summed E-state index contributed by atoms with van der Waals surface area (Å²) in [7, 11) is 0. The monoisotopic (exact) mass is 250 g/mol. The molecule has 0 aliphatic rings. The van der Waals surface area contributed by atoms with Gasteiger partial charge in [0.1, 0.15) is 5.75 Å². The fraction of sp³-hybridized carbons (Fsp3) is 0.600. The first-order valence-electron chi connectivity index (χ1n) is 6.75. The zero-order valence-corrected chi connectivity index (χ0v) is 11.8. The highest BCUT2D eigenvalue weighted by Gasteiger charge is 2.14. The smallest absolute Gasteiger partial charge is 0.119 e. The first-order chi connectivity index (χ1) is 8.62. The van der Waals surface area contributed by atoms with E-state index >= 15 is 0 Å². The highest BCUT2D eigenvalue weighted by Crippen LogP contribution is 2.28. The zero-order valence-electron chi connectivity index (χ0n) is 11.8. The van der Waals surface area contributed by atoms with Crippen molar-refractivity contribution < 1.29 is 4.74 Å². The van der Waals surface area contributed by atoms with E-state index in [0.29, 0.717) is 31.5 Å². The normalized spacial score (nSPS) is 12.8. The van der Waals surface area contributed by atoms with Crippen molar-refractivity contribution in [1.82, 2.24) is 0 Å². The van der Waals surface area contributed by atoms with Gasteiger partial charge in [-0.2, -0.15) is 0 Å². The summed E-state index contributed by atoms with van der Waals surface area (Å²) in [4.78, 5) is 0. The molecule has 1 aromatic rings. The molecule has 0 amide bonds. The molecule has 1 unspecified atom stereocenters. The molecule has 0 radical (unpaired) electrons. The van der Waals surface area contributed by atoms with Crippen molar-refractivity contribution in [2.75, 3.05) is 19.7 Å². The van der Waals surface area contributed by atoms with Crippen LogP contribution in [0.1, 0.15) is 37.3 Å². The molecule has 0 spiro atoms. The van der Waals surface area contributed by atoms with Crippen LogP contribution in [0.25, 0.3) is 0 Å². The maximum Gasteiger partial charge on any atom is 0.119 e. The van der Waals surface area contributed by atoms with Gasteiger partial charge in [0, 0.05) is 0 Å². The van der Waals surface area contributed by atoms with Gasteiger partial charge in [0.15, 0.2) is 0 Å². The van der Waals surface area contributed by atoms with Gasteiger partial charge in [-0.3, -0.25) is 0 Å². The van der Waals surface area contributed by atoms with Crippen molar-refractivity contribution in [2.24, 2.45) is 17.4 Å². The van der Waals surface area contributed by atoms with Crippen LogP contribution in [0.15, 0.2) is 18.2 Å². The van der Waals surface area contributed by atoms with E-state index in [0.717, 1.165) is 12.2 Å². The quantitative estimate of drug-likeness (QED) is 0.781. The van der Waals surface area contributed by atoms with Crippen LogP contribution in [0.4, 0.5) is 0 Å². The molecule has 0 bridgehead atoms. The van der Waals surface area contributed by atoms with E-state index in [1.165, 1.54) is 11.1 Å². The lowest BCUT2D eigenvalue weighted by molar-refractivity contribution is 0.339. The average molecular weight is 250 g/mol. The highest BCUT2D eigenvalue weighted by molar-refractivity contribution is 5.36. The minimum absolute atomic E-state index is 0.408. The second-order valence-corrected chi connectivity index (χ2v) is 4.93. The maximum absolute atomic E-state index is 5.71. The Labute approximate surface area is 111 Å². The Hall–Kier alpha value is -1.06. The van der Waals surface area contributed by atoms with E-state index in [4.69, 9.17) is 16.2 Å². The molecule has 0 aliphatic carbocycles. The molecule has 0 heterocycles. The Kier molecular flexibility index (Phi) is 6.16. The average Bonchev–Trinajstić information content (AvgIpc) is 2.36. The van der Waals surface area contributed by atoms with Crippen LogP contribution in [0.5, 0.6) is 5.75 Å². The number of nitrogens with two attached hydrogens (primary N) is 2. The summed E-state index contributed by atoms with van der Waals surface area (Å²) >= 11 is 0. The molecule has 0 fully saturated rings. The topological polar surface area (TPSA) is 61.3 Å². The van der Waals surface area contributed by atoms with Crippen LogP contribution < -0.4 is 16.2 Å². The minimum Gasteiger partial charge on any atom is -0.494 e. The van der Waals surface area contributed by atoms with E-state index in [1.807, 2.05) is 13.0 Å². The number of hydrogen-bond donors (Lipinski definition) is 2. The molecule has 1 atom stereocenters. The molecule has 18 heavy (non-hydrogen) atoms. The molecular formula is C15H26N2O. The lowest BCUT2D eigenvalue weighted by Gasteiger charge is -2.20. The van der Waals surface area contributed by atoms with Crippen LogP contribution in [-0.4, -0.2) is 19.7 Å². The van der Waals surface area contributed by atoms with Gasteiger partial charge in [-0.15, -0.1) is 0 Å². The lowest BCUT2D eigenvalue weighted by Crippen LogP contribution is -2.24. The number of ether oxygens (including phenoxy) is 1. The molecule has 0 aromatic heterocycles. The van der Waals surface area contributed by atoms with E-state index in [9.17, 15) is 0 Å². The van der Waals surface area contributed by atoms with Gasteiger partial charge in [-0.25, -0.2) is 0 Å². The van der Waals surface area contributed by atoms with Gasteiger partial charge in [-0.1, -0.05) is 13.0 Å². The van der Waals surface area contributed by atoms with Crippen molar-refractivity contribution in [3.8, 4) is 5.75 Å². The number of aryl methyl sites for hydroxylation is 1. The third-order valence-corrected chi connectivity index (χ3v) is 3.44. The largest absolute Gasteiger partial charge is 0.494 e. The van der Waals surface area contributed by atoms with Crippen LogP contribution in [0, 0.1) is 12.8 Å². The van der Waals surface area contributed by atoms with Gasteiger partial charge in [0.2, 0.25) is 0 Å². The van der Waals surface area contributed by atoms with E-state index in [2.05, 4.69) is 26.0 Å². The van der Waals surface area contributed by atoms with Crippen LogP contribution in [0.2, 0.25) is 0 Å². The van der Waals surface area contributed by atoms with Crippen molar-refractivity contribution in [2.45, 2.75) is 33.1 Å². The van der Waals surface area contributed by atoms with Crippen molar-refractivity contribution in [3.05, 3.63) is 29.3 Å². The Morgan fingerprint density at radius 3 is 2.39 bits per heavy atom. The first-order valence-corrected chi connectivity index (χ1v) is 6.75. The van der Waals surface area contributed by atoms with Gasteiger partial charge < -0.3 is 16.2 Å². The molecule has 0 saturated carbocycles. The van der Waals surface area contributed by atoms with Crippen LogP contribution >= 0.6 is 0 Å². The maximum atomic E-state index is 5.71. The SMILES string of the molecule is CCOc1ccc(C(C)CC(CN)CN)c(C)c1. The van der Waals surface area contributed by atoms with Gasteiger partial charge in [0.05, 0.1) is 6.61 Å². The predicted octanol–water partition coefficient (Wildman–Crippen LogP) is 2.42. The minimum atomic E-state index is 0.408. The standard InChI is InChI=1S/C15H26N2O/c1-4-18-14-5-6-15(12(3)8-14)11(2)7-13(9-16)10-17/h5-6,8,11,13H,4,7,9-10,16-17H2,1-3H3. The Balaban J connectivity index is 2.76. The fourth-order valence-electron chi connectivity index (χ4n) is 2.37. The Bertz CT molecular complexity index is 362. The summed E-state index contributed by atoms with van der Waals surface area (Å²) in [6, 6.07) is 6.31. The van der Waals surface area contributed by atoms with Crippen molar-refractivity contribution in [1.29, 1.82) is 0 Å². The van der Waals surface area contributed by atoms with Gasteiger partial charge in [-0.05, 0) is 68.5 Å². The molecule has 3 heteroatoms. The van der Waals surface area contributed by atoms with Crippen LogP contribution in [0.3, 0.4) is 0 Å². The summed E-state index contributed by atoms with van der Waals surface area (Å²) in [5, 5.41) is 0. The molecule has 0 aliphatic heterocycles. The molecule has 0 saturated heterocycles. The molecular weight excluding hydrogens is 224 g/mol. The first kappa shape index (κ1) is 15.0. The highest BCUT2D eigenvalue weighted by atomic mass is 16.5. The third-order valence-electron chi connectivity index (χ3n) is 3.44. The summed E-state index contributed by atoms with van der Waals surface area (Å²) in [6.45, 7) is 8.40. The summed E-state index contributed by atoms with van der Waals surface area (Å²) < 4.78 is 5.50. The molecule has 102 valence electrons. The number of hydrogen-bond acceptors (Lipinski definition) is 3. The van der Waals surface area contributed by atoms with Gasteiger partial charge in [0.25, 0.3) is 0 Å². The Morgan fingerprint density at radius 2 is 1.89 bits per heavy atom. The second-order valence-electron chi connectivity index (χ2n) is 4.93. The summed E-state index contributed by atoms with van der Waals surface area (Å²) in [5.74, 6) is 1.84. The van der Waals surface area contributed by atoms with Crippen molar-refractivity contribution >= 4 is 0 Å². The Morgan fingerprint density at radius 1 is 1.22 bits per heavy atom. The predicted molar refractivity (Wildman–Crippen MR) is 77.0 cm³/mol. The summed E-state index contributed by atoms with van der Waals surface area (Å²) in [6.07, 6.45) is 1.04. The van der Waals surface area contributed by atoms with E-state index < -0.39 is 0 Å². The molecule has 4 N–H and O–H groups in total. The van der Waals surface area contributed by atoms with Crippen LogP contribution in [-0.2, 0) is 0 Å². The third kappa shape index (κ3) is 4.00. The fourth-order valence-corrected chi connectivity index (χ4v) is 2.37. The van der Waals surface area contributed by atoms with Gasteiger partial charge >= 0.3 is 0 Å². The van der Waals surface area contributed by atoms with Crippen molar-refractivity contribution in [3.63, 3.8) is 0 Å². The van der Waals surface area contributed by atoms with E-state index in [-0.39, 0.29) is 0 Å². The molecule has 1 rings (SSSR count).